The normalized spacial score (nSPS) is 13.8. The highest BCUT2D eigenvalue weighted by Crippen LogP contribution is 2.36. The predicted molar refractivity (Wildman–Crippen MR) is 222 cm³/mol. The van der Waals surface area contributed by atoms with Crippen molar-refractivity contribution < 1.29 is 43.0 Å². The minimum atomic E-state index is -4.78. The predicted octanol–water partition coefficient (Wildman–Crippen LogP) is 11.7. The Labute approximate surface area is 329 Å². The molecule has 10 heteroatoms. The van der Waals surface area contributed by atoms with Crippen molar-refractivity contribution in [3.8, 4) is 0 Å². The summed E-state index contributed by atoms with van der Waals surface area (Å²) in [6.45, 7) is 5.65. The zero-order valence-corrected chi connectivity index (χ0v) is 35.0. The first-order chi connectivity index (χ1) is 26.0. The van der Waals surface area contributed by atoms with Crippen LogP contribution < -0.4 is 0 Å². The minimum Gasteiger partial charge on any atom is -0.462 e. The highest BCUT2D eigenvalue weighted by molar-refractivity contribution is 7.46. The third kappa shape index (κ3) is 40.9. The molecule has 312 valence electrons. The molecule has 0 fully saturated rings. The van der Waals surface area contributed by atoms with Crippen LogP contribution in [0.25, 0.3) is 0 Å². The average molecular weight is 781 g/mol. The number of phosphoric ester groups is 1. The lowest BCUT2D eigenvalue weighted by molar-refractivity contribution is -0.161. The Hall–Kier alpha value is -2.29. The third-order valence-corrected chi connectivity index (χ3v) is 9.37. The largest absolute Gasteiger partial charge is 0.469 e. The summed E-state index contributed by atoms with van der Waals surface area (Å²) in [6.07, 6.45) is 43.3. The molecule has 54 heavy (non-hydrogen) atoms. The number of esters is 2. The molecule has 0 spiro atoms. The number of ether oxygens (including phenoxy) is 2. The molecule has 0 rings (SSSR count). The van der Waals surface area contributed by atoms with E-state index >= 15 is 0 Å². The molecule has 0 saturated heterocycles. The smallest absolute Gasteiger partial charge is 0.462 e. The van der Waals surface area contributed by atoms with Gasteiger partial charge in [-0.1, -0.05) is 178 Å². The van der Waals surface area contributed by atoms with Crippen molar-refractivity contribution in [1.29, 1.82) is 0 Å². The van der Waals surface area contributed by atoms with Crippen LogP contribution in [0.2, 0.25) is 0 Å². The SMILES string of the molecule is CC[C@@H](O)/C=C/C=C\C/C=C\C/C=C\C/C=C\CCCC(=O)O[C@H](COC(=O)CCCCCCCCCCCCCCCCCC(C)C)COP(=O)(O)O. The number of hydrogen-bond donors (Lipinski definition) is 3. The summed E-state index contributed by atoms with van der Waals surface area (Å²) >= 11 is 0. The lowest BCUT2D eigenvalue weighted by atomic mass is 10.0. The number of unbranched alkanes of at least 4 members (excludes halogenated alkanes) is 15. The molecule has 0 radical (unpaired) electrons. The Balaban J connectivity index is 4.02. The van der Waals surface area contributed by atoms with Crippen LogP contribution in [-0.2, 0) is 28.2 Å². The van der Waals surface area contributed by atoms with E-state index in [0.717, 1.165) is 38.0 Å². The Morgan fingerprint density at radius 1 is 0.611 bits per heavy atom. The van der Waals surface area contributed by atoms with Gasteiger partial charge in [-0.05, 0) is 50.9 Å². The van der Waals surface area contributed by atoms with Crippen molar-refractivity contribution in [2.75, 3.05) is 13.2 Å². The first-order valence-corrected chi connectivity index (χ1v) is 22.6. The van der Waals surface area contributed by atoms with Crippen LogP contribution in [0.1, 0.15) is 175 Å². The number of phosphoric acid groups is 1. The van der Waals surface area contributed by atoms with E-state index in [1.54, 1.807) is 6.08 Å². The molecule has 9 nitrogen and oxygen atoms in total. The fourth-order valence-electron chi connectivity index (χ4n) is 5.60. The van der Waals surface area contributed by atoms with Gasteiger partial charge < -0.3 is 24.4 Å². The van der Waals surface area contributed by atoms with Crippen molar-refractivity contribution in [2.45, 2.75) is 187 Å². The van der Waals surface area contributed by atoms with E-state index in [1.165, 1.54) is 83.5 Å². The second-order valence-corrected chi connectivity index (χ2v) is 15.9. The number of aliphatic hydroxyl groups excluding tert-OH is 1. The van der Waals surface area contributed by atoms with E-state index in [0.29, 0.717) is 25.7 Å². The molecule has 0 bridgehead atoms. The zero-order chi connectivity index (χ0) is 40.0. The van der Waals surface area contributed by atoms with E-state index in [1.807, 2.05) is 37.3 Å². The quantitative estimate of drug-likeness (QED) is 0.0185. The first-order valence-electron chi connectivity index (χ1n) is 21.0. The topological polar surface area (TPSA) is 140 Å². The molecule has 2 atom stereocenters. The van der Waals surface area contributed by atoms with E-state index in [2.05, 4.69) is 42.7 Å². The number of aliphatic hydroxyl groups is 1. The molecule has 0 aromatic carbocycles. The average Bonchev–Trinajstić information content (AvgIpc) is 3.13. The minimum absolute atomic E-state index is 0.119. The maximum atomic E-state index is 12.4. The number of rotatable bonds is 37. The van der Waals surface area contributed by atoms with E-state index in [-0.39, 0.29) is 25.6 Å². The van der Waals surface area contributed by atoms with Crippen LogP contribution in [0.4, 0.5) is 0 Å². The van der Waals surface area contributed by atoms with Crippen molar-refractivity contribution in [3.63, 3.8) is 0 Å². The van der Waals surface area contributed by atoms with Crippen LogP contribution >= 0.6 is 7.82 Å². The maximum absolute atomic E-state index is 12.4. The van der Waals surface area contributed by atoms with Gasteiger partial charge in [0.05, 0.1) is 12.7 Å². The van der Waals surface area contributed by atoms with Crippen molar-refractivity contribution >= 4 is 19.8 Å². The zero-order valence-electron chi connectivity index (χ0n) is 34.1. The molecule has 3 N–H and O–H groups in total. The van der Waals surface area contributed by atoms with Gasteiger partial charge in [0.1, 0.15) is 6.61 Å². The summed E-state index contributed by atoms with van der Waals surface area (Å²) < 4.78 is 26.3. The van der Waals surface area contributed by atoms with Gasteiger partial charge in [0.15, 0.2) is 6.10 Å². The van der Waals surface area contributed by atoms with Crippen LogP contribution in [0, 0.1) is 5.92 Å². The first kappa shape index (κ1) is 51.7. The van der Waals surface area contributed by atoms with Crippen LogP contribution in [0.3, 0.4) is 0 Å². The molecule has 0 aliphatic rings. The van der Waals surface area contributed by atoms with Crippen molar-refractivity contribution in [2.24, 2.45) is 5.92 Å². The Bertz CT molecular complexity index is 1090. The molecule has 0 aromatic heterocycles. The van der Waals surface area contributed by atoms with Crippen LogP contribution in [0.15, 0.2) is 60.8 Å². The number of carbonyl (C=O) groups excluding carboxylic acids is 2. The summed E-state index contributed by atoms with van der Waals surface area (Å²) in [7, 11) is -4.78. The highest BCUT2D eigenvalue weighted by atomic mass is 31.2. The molecular formula is C44H77O9P. The van der Waals surface area contributed by atoms with E-state index in [9.17, 15) is 19.3 Å². The van der Waals surface area contributed by atoms with Gasteiger partial charge >= 0.3 is 19.8 Å². The molecule has 0 saturated carbocycles. The fraction of sp³-hybridized carbons (Fsp3) is 0.727. The van der Waals surface area contributed by atoms with E-state index in [4.69, 9.17) is 19.3 Å². The van der Waals surface area contributed by atoms with Gasteiger partial charge in [-0.2, -0.15) is 0 Å². The molecule has 0 amide bonds. The Morgan fingerprint density at radius 3 is 1.61 bits per heavy atom. The summed E-state index contributed by atoms with van der Waals surface area (Å²) in [4.78, 5) is 42.8. The van der Waals surface area contributed by atoms with Gasteiger partial charge in [-0.15, -0.1) is 0 Å². The summed E-state index contributed by atoms with van der Waals surface area (Å²) in [5, 5.41) is 9.45. The summed E-state index contributed by atoms with van der Waals surface area (Å²) in [6, 6.07) is 0. The highest BCUT2D eigenvalue weighted by Gasteiger charge is 2.22. The monoisotopic (exact) mass is 781 g/mol. The third-order valence-electron chi connectivity index (χ3n) is 8.89. The van der Waals surface area contributed by atoms with Gasteiger partial charge in [0.25, 0.3) is 0 Å². The van der Waals surface area contributed by atoms with E-state index < -0.39 is 32.5 Å². The lowest BCUT2D eigenvalue weighted by Gasteiger charge is -2.18. The number of hydrogen-bond acceptors (Lipinski definition) is 7. The van der Waals surface area contributed by atoms with Gasteiger partial charge in [-0.3, -0.25) is 14.1 Å². The Kier molecular flexibility index (Phi) is 36.0. The standard InChI is InChI=1S/C44H77O9P/c1-4-41(45)35-31-27-23-19-15-11-8-9-13-17-21-25-29-33-37-44(47)53-42(39-52-54(48,49)50)38-51-43(46)36-32-28-24-20-16-12-7-5-6-10-14-18-22-26-30-34-40(2)3/h9,11,13,15,21,23,25,27,31,35,40-42,45H,4-8,10,12,14,16-20,22,24,26,28-30,32-34,36-39H2,1-3H3,(H2,48,49,50)/b13-9-,15-11-,25-21-,27-23-,35-31+/t41-,42-/m1/s1. The molecule has 0 aliphatic heterocycles. The molecule has 0 aromatic rings. The molecular weight excluding hydrogens is 703 g/mol. The number of carbonyl (C=O) groups is 2. The van der Waals surface area contributed by atoms with Gasteiger partial charge in [0, 0.05) is 12.8 Å². The molecule has 0 unspecified atom stereocenters. The second kappa shape index (κ2) is 37.6. The summed E-state index contributed by atoms with van der Waals surface area (Å²) in [5.41, 5.74) is 0. The van der Waals surface area contributed by atoms with Gasteiger partial charge in [0.2, 0.25) is 0 Å². The molecule has 0 heterocycles. The van der Waals surface area contributed by atoms with Crippen molar-refractivity contribution in [3.05, 3.63) is 60.8 Å². The van der Waals surface area contributed by atoms with Crippen molar-refractivity contribution in [1.82, 2.24) is 0 Å². The molecule has 0 aliphatic carbocycles. The fourth-order valence-corrected chi connectivity index (χ4v) is 5.96. The second-order valence-electron chi connectivity index (χ2n) is 14.6. The Morgan fingerprint density at radius 2 is 1.09 bits per heavy atom. The maximum Gasteiger partial charge on any atom is 0.469 e. The van der Waals surface area contributed by atoms with Crippen LogP contribution in [0.5, 0.6) is 0 Å². The summed E-state index contributed by atoms with van der Waals surface area (Å²) in [5.74, 6) is -0.140. The van der Waals surface area contributed by atoms with Gasteiger partial charge in [-0.25, -0.2) is 4.57 Å². The number of allylic oxidation sites excluding steroid dienone is 9. The van der Waals surface area contributed by atoms with Crippen LogP contribution in [-0.4, -0.2) is 52.3 Å². The lowest BCUT2D eigenvalue weighted by Crippen LogP contribution is -2.29.